The summed E-state index contributed by atoms with van der Waals surface area (Å²) >= 11 is 0. The minimum Gasteiger partial charge on any atom is -0.472 e. The molecule has 0 aromatic carbocycles. The first-order valence-electron chi connectivity index (χ1n) is 6.27. The maximum absolute atomic E-state index is 5.69. The van der Waals surface area contributed by atoms with Gasteiger partial charge in [-0.3, -0.25) is 0 Å². The van der Waals surface area contributed by atoms with Crippen LogP contribution in [0.3, 0.4) is 0 Å². The Morgan fingerprint density at radius 2 is 2.50 bits per heavy atom. The van der Waals surface area contributed by atoms with Gasteiger partial charge < -0.3 is 14.5 Å². The molecule has 0 amide bonds. The molecule has 16 heavy (non-hydrogen) atoms. The molecule has 0 bridgehead atoms. The quantitative estimate of drug-likeness (QED) is 0.805. The molecular formula is C13H21NO2. The van der Waals surface area contributed by atoms with Crippen LogP contribution in [-0.4, -0.2) is 19.3 Å². The predicted molar refractivity (Wildman–Crippen MR) is 63.3 cm³/mol. The van der Waals surface area contributed by atoms with Crippen LogP contribution in [0.2, 0.25) is 0 Å². The van der Waals surface area contributed by atoms with Gasteiger partial charge in [0.2, 0.25) is 0 Å². The molecule has 2 heterocycles. The van der Waals surface area contributed by atoms with Crippen molar-refractivity contribution in [3.05, 3.63) is 24.2 Å². The molecule has 1 aliphatic rings. The minimum atomic E-state index is 0.377. The van der Waals surface area contributed by atoms with E-state index < -0.39 is 0 Å². The van der Waals surface area contributed by atoms with Crippen molar-refractivity contribution in [3.8, 4) is 0 Å². The third-order valence-corrected chi connectivity index (χ3v) is 3.11. The smallest absolute Gasteiger partial charge is 0.0950 e. The molecule has 0 aliphatic carbocycles. The summed E-state index contributed by atoms with van der Waals surface area (Å²) in [5.41, 5.74) is 1.24. The van der Waals surface area contributed by atoms with E-state index in [2.05, 4.69) is 12.2 Å². The Morgan fingerprint density at radius 3 is 3.12 bits per heavy atom. The number of hydrogen-bond acceptors (Lipinski definition) is 3. The fourth-order valence-electron chi connectivity index (χ4n) is 2.22. The zero-order chi connectivity index (χ0) is 11.2. The van der Waals surface area contributed by atoms with Gasteiger partial charge in [0.15, 0.2) is 0 Å². The number of nitrogens with one attached hydrogen (secondary N) is 1. The molecule has 1 saturated heterocycles. The van der Waals surface area contributed by atoms with E-state index in [0.29, 0.717) is 12.1 Å². The van der Waals surface area contributed by atoms with Gasteiger partial charge in [-0.15, -0.1) is 0 Å². The van der Waals surface area contributed by atoms with Crippen molar-refractivity contribution in [2.24, 2.45) is 0 Å². The molecule has 1 aliphatic heterocycles. The second kappa shape index (κ2) is 6.06. The maximum Gasteiger partial charge on any atom is 0.0950 e. The highest BCUT2D eigenvalue weighted by Crippen LogP contribution is 2.25. The van der Waals surface area contributed by atoms with Crippen LogP contribution in [0.5, 0.6) is 0 Å². The zero-order valence-electron chi connectivity index (χ0n) is 9.95. The van der Waals surface area contributed by atoms with Gasteiger partial charge in [0, 0.05) is 18.2 Å². The Morgan fingerprint density at radius 1 is 1.56 bits per heavy atom. The SMILES string of the molecule is CCCNC(CC1CCCO1)c1ccoc1. The molecule has 3 heteroatoms. The monoisotopic (exact) mass is 223 g/mol. The molecule has 1 aromatic heterocycles. The Labute approximate surface area is 97.2 Å². The van der Waals surface area contributed by atoms with Crippen molar-refractivity contribution in [1.82, 2.24) is 5.32 Å². The van der Waals surface area contributed by atoms with Crippen LogP contribution in [0.4, 0.5) is 0 Å². The van der Waals surface area contributed by atoms with Crippen molar-refractivity contribution in [2.45, 2.75) is 44.8 Å². The Hall–Kier alpha value is -0.800. The van der Waals surface area contributed by atoms with Crippen molar-refractivity contribution in [3.63, 3.8) is 0 Å². The van der Waals surface area contributed by atoms with Crippen LogP contribution in [0, 0.1) is 0 Å². The first-order chi connectivity index (χ1) is 7.90. The molecule has 0 saturated carbocycles. The van der Waals surface area contributed by atoms with E-state index in [1.807, 2.05) is 12.3 Å². The highest BCUT2D eigenvalue weighted by Gasteiger charge is 2.21. The van der Waals surface area contributed by atoms with Crippen molar-refractivity contribution in [1.29, 1.82) is 0 Å². The van der Waals surface area contributed by atoms with Crippen molar-refractivity contribution in [2.75, 3.05) is 13.2 Å². The average Bonchev–Trinajstić information content (AvgIpc) is 2.96. The van der Waals surface area contributed by atoms with E-state index in [0.717, 1.165) is 26.0 Å². The molecule has 1 N–H and O–H groups in total. The van der Waals surface area contributed by atoms with Gasteiger partial charge >= 0.3 is 0 Å². The highest BCUT2D eigenvalue weighted by atomic mass is 16.5. The van der Waals surface area contributed by atoms with Gasteiger partial charge in [0.25, 0.3) is 0 Å². The summed E-state index contributed by atoms with van der Waals surface area (Å²) in [6.45, 7) is 4.16. The summed E-state index contributed by atoms with van der Waals surface area (Å²) in [5.74, 6) is 0. The van der Waals surface area contributed by atoms with Crippen LogP contribution in [0.15, 0.2) is 23.0 Å². The van der Waals surface area contributed by atoms with E-state index in [1.54, 1.807) is 6.26 Å². The average molecular weight is 223 g/mol. The molecule has 2 atom stereocenters. The van der Waals surface area contributed by atoms with Gasteiger partial charge in [-0.25, -0.2) is 0 Å². The fourth-order valence-corrected chi connectivity index (χ4v) is 2.22. The lowest BCUT2D eigenvalue weighted by Crippen LogP contribution is -2.25. The molecule has 2 unspecified atom stereocenters. The summed E-state index contributed by atoms with van der Waals surface area (Å²) in [4.78, 5) is 0. The lowest BCUT2D eigenvalue weighted by Gasteiger charge is -2.20. The van der Waals surface area contributed by atoms with Gasteiger partial charge in [-0.2, -0.15) is 0 Å². The molecule has 1 aromatic rings. The Bertz CT molecular complexity index is 278. The summed E-state index contributed by atoms with van der Waals surface area (Å²) in [6.07, 6.45) is 8.61. The molecule has 2 rings (SSSR count). The van der Waals surface area contributed by atoms with E-state index in [4.69, 9.17) is 9.15 Å². The van der Waals surface area contributed by atoms with E-state index in [-0.39, 0.29) is 0 Å². The van der Waals surface area contributed by atoms with Crippen LogP contribution in [-0.2, 0) is 4.74 Å². The molecule has 0 radical (unpaired) electrons. The molecule has 0 spiro atoms. The number of hydrogen-bond donors (Lipinski definition) is 1. The van der Waals surface area contributed by atoms with Gasteiger partial charge in [-0.1, -0.05) is 6.92 Å². The number of rotatable bonds is 6. The van der Waals surface area contributed by atoms with Crippen molar-refractivity contribution < 1.29 is 9.15 Å². The minimum absolute atomic E-state index is 0.377. The summed E-state index contributed by atoms with van der Waals surface area (Å²) in [7, 11) is 0. The molecule has 3 nitrogen and oxygen atoms in total. The molecule has 90 valence electrons. The zero-order valence-corrected chi connectivity index (χ0v) is 9.95. The van der Waals surface area contributed by atoms with E-state index in [1.165, 1.54) is 18.4 Å². The van der Waals surface area contributed by atoms with E-state index in [9.17, 15) is 0 Å². The second-order valence-electron chi connectivity index (χ2n) is 4.43. The molecular weight excluding hydrogens is 202 g/mol. The predicted octanol–water partition coefficient (Wildman–Crippen LogP) is 2.89. The topological polar surface area (TPSA) is 34.4 Å². The van der Waals surface area contributed by atoms with Crippen LogP contribution < -0.4 is 5.32 Å². The van der Waals surface area contributed by atoms with Gasteiger partial charge in [0.05, 0.1) is 18.6 Å². The first kappa shape index (κ1) is 11.7. The third kappa shape index (κ3) is 3.09. The summed E-state index contributed by atoms with van der Waals surface area (Å²) in [6, 6.07) is 2.42. The number of ether oxygens (including phenoxy) is 1. The highest BCUT2D eigenvalue weighted by molar-refractivity contribution is 5.11. The fraction of sp³-hybridized carbons (Fsp3) is 0.692. The maximum atomic E-state index is 5.69. The van der Waals surface area contributed by atoms with Gasteiger partial charge in [-0.05, 0) is 38.3 Å². The molecule has 1 fully saturated rings. The summed E-state index contributed by atoms with van der Waals surface area (Å²) < 4.78 is 10.8. The van der Waals surface area contributed by atoms with Crippen LogP contribution in [0.25, 0.3) is 0 Å². The van der Waals surface area contributed by atoms with Gasteiger partial charge in [0.1, 0.15) is 0 Å². The standard InChI is InChI=1S/C13H21NO2/c1-2-6-14-13(11-5-8-15-10-11)9-12-4-3-7-16-12/h5,8,10,12-14H,2-4,6-7,9H2,1H3. The lowest BCUT2D eigenvalue weighted by atomic mass is 10.0. The normalized spacial score (nSPS) is 22.4. The summed E-state index contributed by atoms with van der Waals surface area (Å²) in [5, 5.41) is 3.56. The first-order valence-corrected chi connectivity index (χ1v) is 6.27. The second-order valence-corrected chi connectivity index (χ2v) is 4.43. The lowest BCUT2D eigenvalue weighted by molar-refractivity contribution is 0.0945. The Kier molecular flexibility index (Phi) is 4.43. The van der Waals surface area contributed by atoms with Crippen LogP contribution >= 0.6 is 0 Å². The largest absolute Gasteiger partial charge is 0.472 e. The third-order valence-electron chi connectivity index (χ3n) is 3.11. The Balaban J connectivity index is 1.91. The number of furan rings is 1. The van der Waals surface area contributed by atoms with Crippen LogP contribution in [0.1, 0.15) is 44.2 Å². The van der Waals surface area contributed by atoms with E-state index >= 15 is 0 Å². The van der Waals surface area contributed by atoms with Crippen molar-refractivity contribution >= 4 is 0 Å².